The van der Waals surface area contributed by atoms with Crippen molar-refractivity contribution in [1.29, 1.82) is 0 Å². The van der Waals surface area contributed by atoms with Gasteiger partial charge in [0.15, 0.2) is 0 Å². The largest absolute Gasteiger partial charge is 0.310 e. The minimum atomic E-state index is 0.681. The Balaban J connectivity index is 0.868. The zero-order chi connectivity index (χ0) is 45.9. The summed E-state index contributed by atoms with van der Waals surface area (Å²) in [6, 6.07) is 73.7. The van der Waals surface area contributed by atoms with Gasteiger partial charge in [0.1, 0.15) is 0 Å². The van der Waals surface area contributed by atoms with E-state index in [0.717, 1.165) is 0 Å². The normalized spacial score (nSPS) is 15.3. The van der Waals surface area contributed by atoms with Gasteiger partial charge in [-0.2, -0.15) is 0 Å². The third-order valence-electron chi connectivity index (χ3n) is 16.7. The molecule has 0 bridgehead atoms. The molecular weight excluding hydrogens is 849 g/mol. The quantitative estimate of drug-likeness (QED) is 0.151. The number of hydrogen-bond acceptors (Lipinski definition) is 2. The first-order valence-electron chi connectivity index (χ1n) is 26.0. The fourth-order valence-corrected chi connectivity index (χ4v) is 13.4. The maximum Gasteiger partial charge on any atom is 0.0620 e. The number of rotatable bonds is 8. The van der Waals surface area contributed by atoms with E-state index in [1.807, 2.05) is 0 Å². The average molecular weight is 903 g/mol. The highest BCUT2D eigenvalue weighted by molar-refractivity contribution is 6.29. The van der Waals surface area contributed by atoms with Crippen molar-refractivity contribution in [3.63, 3.8) is 0 Å². The topological polar surface area (TPSA) is 15.3 Å². The Morgan fingerprint density at radius 3 is 1.00 bits per heavy atom. The van der Waals surface area contributed by atoms with Crippen LogP contribution in [0.4, 0.5) is 34.1 Å². The van der Waals surface area contributed by atoms with Gasteiger partial charge in [-0.05, 0) is 146 Å². The number of para-hydroxylation sites is 4. The molecule has 0 spiro atoms. The SMILES string of the molecule is c1ccc(N(c2ccc(C3CCCCC3)cc2)c2ccc3c(c2)c2cccc4c5cc6c(cc5n3c24)c2cccc3c4cc(N(c5ccccc5)c5ccc(C7CCCCC7)cc5)ccc4n6c32)cc1. The Labute approximate surface area is 408 Å². The lowest BCUT2D eigenvalue weighted by molar-refractivity contribution is 0.443. The molecule has 0 unspecified atom stereocenters. The van der Waals surface area contributed by atoms with Gasteiger partial charge in [-0.25, -0.2) is 0 Å². The first-order valence-corrected chi connectivity index (χ1v) is 26.0. The van der Waals surface area contributed by atoms with Crippen LogP contribution >= 0.6 is 0 Å². The molecule has 2 aliphatic carbocycles. The predicted molar refractivity (Wildman–Crippen MR) is 297 cm³/mol. The Hall–Kier alpha value is -7.82. The molecule has 4 nitrogen and oxygen atoms in total. The van der Waals surface area contributed by atoms with Crippen molar-refractivity contribution in [3.05, 3.63) is 205 Å². The van der Waals surface area contributed by atoms with E-state index in [-0.39, 0.29) is 0 Å². The second-order valence-corrected chi connectivity index (χ2v) is 20.6. The molecule has 0 N–H and O–H groups in total. The van der Waals surface area contributed by atoms with Gasteiger partial charge in [-0.3, -0.25) is 0 Å². The Morgan fingerprint density at radius 2 is 0.614 bits per heavy atom. The van der Waals surface area contributed by atoms with E-state index in [2.05, 4.69) is 213 Å². The van der Waals surface area contributed by atoms with Gasteiger partial charge in [0.25, 0.3) is 0 Å². The van der Waals surface area contributed by atoms with Crippen LogP contribution in [0.5, 0.6) is 0 Å². The number of hydrogen-bond donors (Lipinski definition) is 0. The number of fused-ring (bicyclic) bond motifs is 12. The first-order chi connectivity index (χ1) is 34.7. The van der Waals surface area contributed by atoms with Crippen LogP contribution in [0, 0.1) is 0 Å². The average Bonchev–Trinajstić information content (AvgIpc) is 4.15. The molecule has 2 fully saturated rings. The van der Waals surface area contributed by atoms with Crippen molar-refractivity contribution in [3.8, 4) is 0 Å². The van der Waals surface area contributed by atoms with E-state index in [0.29, 0.717) is 11.8 Å². The van der Waals surface area contributed by atoms with Crippen LogP contribution < -0.4 is 9.80 Å². The number of nitrogens with zero attached hydrogens (tertiary/aromatic N) is 4. The third-order valence-corrected chi connectivity index (χ3v) is 16.7. The summed E-state index contributed by atoms with van der Waals surface area (Å²) in [4.78, 5) is 4.86. The molecule has 4 heteroatoms. The van der Waals surface area contributed by atoms with Crippen LogP contribution in [0.1, 0.15) is 87.2 Å². The van der Waals surface area contributed by atoms with Gasteiger partial charge in [0.2, 0.25) is 0 Å². The minimum Gasteiger partial charge on any atom is -0.310 e. The van der Waals surface area contributed by atoms with E-state index in [1.54, 1.807) is 0 Å². The molecule has 4 heterocycles. The number of benzene rings is 9. The molecule has 2 aliphatic rings. The maximum atomic E-state index is 2.54. The third kappa shape index (κ3) is 6.08. The monoisotopic (exact) mass is 902 g/mol. The van der Waals surface area contributed by atoms with E-state index < -0.39 is 0 Å². The van der Waals surface area contributed by atoms with Gasteiger partial charge in [-0.1, -0.05) is 136 Å². The van der Waals surface area contributed by atoms with E-state index >= 15 is 0 Å². The summed E-state index contributed by atoms with van der Waals surface area (Å²) in [6.45, 7) is 0. The Morgan fingerprint density at radius 1 is 0.271 bits per heavy atom. The van der Waals surface area contributed by atoms with Gasteiger partial charge < -0.3 is 18.6 Å². The summed E-state index contributed by atoms with van der Waals surface area (Å²) in [5.41, 5.74) is 17.6. The summed E-state index contributed by atoms with van der Waals surface area (Å²) in [5.74, 6) is 1.36. The van der Waals surface area contributed by atoms with E-state index in [9.17, 15) is 0 Å². The van der Waals surface area contributed by atoms with Gasteiger partial charge in [0, 0.05) is 77.2 Å². The molecule has 4 aromatic heterocycles. The van der Waals surface area contributed by atoms with Crippen LogP contribution in [0.2, 0.25) is 0 Å². The molecule has 0 atom stereocenters. The summed E-state index contributed by atoms with van der Waals surface area (Å²) in [6.07, 6.45) is 13.4. The Bertz CT molecular complexity index is 3790. The maximum absolute atomic E-state index is 2.54. The van der Waals surface area contributed by atoms with Crippen molar-refractivity contribution in [2.75, 3.05) is 9.80 Å². The molecule has 2 saturated carbocycles. The van der Waals surface area contributed by atoms with Crippen molar-refractivity contribution in [2.45, 2.75) is 76.0 Å². The van der Waals surface area contributed by atoms with Crippen LogP contribution in [0.15, 0.2) is 194 Å². The molecule has 0 saturated heterocycles. The fourth-order valence-electron chi connectivity index (χ4n) is 13.4. The summed E-state index contributed by atoms with van der Waals surface area (Å²) in [5, 5.41) is 10.3. The lowest BCUT2D eigenvalue weighted by Gasteiger charge is -2.27. The first kappa shape index (κ1) is 40.1. The summed E-state index contributed by atoms with van der Waals surface area (Å²) >= 11 is 0. The highest BCUT2D eigenvalue weighted by Crippen LogP contribution is 2.48. The standard InChI is InChI=1S/C66H54N4/c1-5-15-43(16-6-1)45-27-31-49(32-28-45)67(47-19-9-3-10-20-47)51-35-37-61-57(39-51)53-23-13-25-55-59-42-64-60(41-63(59)69(61)65(53)55)56-26-14-24-54-58-40-52(36-38-62(58)70(64)66(54)56)68(48-21-11-4-12-22-48)50-33-29-46(30-34-50)44-17-7-2-8-18-44/h3-4,9-14,19-44H,1-2,5-8,15-18H2. The number of anilines is 6. The van der Waals surface area contributed by atoms with Crippen molar-refractivity contribution in [2.24, 2.45) is 0 Å². The molecule has 9 aromatic carbocycles. The smallest absolute Gasteiger partial charge is 0.0620 e. The predicted octanol–water partition coefficient (Wildman–Crippen LogP) is 19.0. The molecule has 338 valence electrons. The summed E-state index contributed by atoms with van der Waals surface area (Å²) in [7, 11) is 0. The highest BCUT2D eigenvalue weighted by atomic mass is 15.1. The molecule has 0 aliphatic heterocycles. The summed E-state index contributed by atoms with van der Waals surface area (Å²) < 4.78 is 5.09. The molecule has 0 radical (unpaired) electrons. The zero-order valence-electron chi connectivity index (χ0n) is 39.5. The van der Waals surface area contributed by atoms with Crippen LogP contribution in [0.3, 0.4) is 0 Å². The van der Waals surface area contributed by atoms with Crippen LogP contribution in [-0.4, -0.2) is 8.80 Å². The highest BCUT2D eigenvalue weighted by Gasteiger charge is 2.25. The fraction of sp³-hybridized carbons (Fsp3) is 0.182. The molecule has 0 amide bonds. The minimum absolute atomic E-state index is 0.681. The Kier molecular flexibility index (Phi) is 9.09. The second kappa shape index (κ2) is 15.9. The van der Waals surface area contributed by atoms with Crippen LogP contribution in [-0.2, 0) is 0 Å². The van der Waals surface area contributed by atoms with Gasteiger partial charge in [0.05, 0.1) is 33.1 Å². The lowest BCUT2D eigenvalue weighted by Crippen LogP contribution is -2.10. The zero-order valence-corrected chi connectivity index (χ0v) is 39.5. The second-order valence-electron chi connectivity index (χ2n) is 20.6. The van der Waals surface area contributed by atoms with Crippen molar-refractivity contribution < 1.29 is 0 Å². The molecular formula is C66H54N4. The van der Waals surface area contributed by atoms with Gasteiger partial charge >= 0.3 is 0 Å². The lowest BCUT2D eigenvalue weighted by atomic mass is 9.84. The van der Waals surface area contributed by atoms with E-state index in [4.69, 9.17) is 0 Å². The molecule has 15 rings (SSSR count). The van der Waals surface area contributed by atoms with Gasteiger partial charge in [-0.15, -0.1) is 0 Å². The van der Waals surface area contributed by atoms with Crippen molar-refractivity contribution >= 4 is 110 Å². The number of aromatic nitrogens is 2. The van der Waals surface area contributed by atoms with Crippen molar-refractivity contribution in [1.82, 2.24) is 8.80 Å². The van der Waals surface area contributed by atoms with E-state index in [1.165, 1.54) is 186 Å². The molecule has 13 aromatic rings. The molecule has 70 heavy (non-hydrogen) atoms. The van der Waals surface area contributed by atoms with Crippen LogP contribution in [0.25, 0.3) is 76.2 Å².